The molecule has 0 aromatic carbocycles. The van der Waals surface area contributed by atoms with Crippen molar-refractivity contribution in [2.45, 2.75) is 12.1 Å². The Morgan fingerprint density at radius 3 is 2.81 bits per heavy atom. The maximum Gasteiger partial charge on any atom is 0.157 e. The van der Waals surface area contributed by atoms with Crippen LogP contribution in [0.1, 0.15) is 0 Å². The summed E-state index contributed by atoms with van der Waals surface area (Å²) in [5.41, 5.74) is 0. The van der Waals surface area contributed by atoms with Gasteiger partial charge in [-0.3, -0.25) is 4.68 Å². The predicted octanol–water partition coefficient (Wildman–Crippen LogP) is 0.629. The normalized spacial score (nSPS) is 23.4. The van der Waals surface area contributed by atoms with Crippen LogP contribution in [0.15, 0.2) is 12.4 Å². The zero-order valence-electron chi connectivity index (χ0n) is 9.25. The number of aryl methyl sites for hydroxylation is 1. The molecule has 1 fully saturated rings. The van der Waals surface area contributed by atoms with Gasteiger partial charge in [0.15, 0.2) is 5.75 Å². The molecule has 5 nitrogen and oxygen atoms in total. The number of ether oxygens (including phenoxy) is 2. The largest absolute Gasteiger partial charge is 0.483 e. The SMILES string of the molecule is CNC1COCC1Oc1cnn(C)c1.Cl.Cl. The maximum absolute atomic E-state index is 5.73. The summed E-state index contributed by atoms with van der Waals surface area (Å²) >= 11 is 0. The lowest BCUT2D eigenvalue weighted by molar-refractivity contribution is 0.139. The molecule has 0 aliphatic carbocycles. The van der Waals surface area contributed by atoms with Gasteiger partial charge in [-0.25, -0.2) is 0 Å². The minimum atomic E-state index is 0. The number of likely N-dealkylation sites (N-methyl/N-ethyl adjacent to an activating group) is 1. The summed E-state index contributed by atoms with van der Waals surface area (Å²) in [6.07, 6.45) is 3.65. The molecule has 2 rings (SSSR count). The third-order valence-electron chi connectivity index (χ3n) is 2.37. The van der Waals surface area contributed by atoms with Crippen LogP contribution in [-0.4, -0.2) is 42.2 Å². The average Bonchev–Trinajstić information content (AvgIpc) is 2.76. The average molecular weight is 270 g/mol. The van der Waals surface area contributed by atoms with Gasteiger partial charge in [-0.2, -0.15) is 5.10 Å². The van der Waals surface area contributed by atoms with Crippen LogP contribution in [0.3, 0.4) is 0 Å². The van der Waals surface area contributed by atoms with Crippen LogP contribution >= 0.6 is 24.8 Å². The van der Waals surface area contributed by atoms with Crippen molar-refractivity contribution in [3.63, 3.8) is 0 Å². The van der Waals surface area contributed by atoms with E-state index in [-0.39, 0.29) is 37.0 Å². The summed E-state index contributed by atoms with van der Waals surface area (Å²) < 4.78 is 12.8. The fourth-order valence-electron chi connectivity index (χ4n) is 1.55. The second-order valence-electron chi connectivity index (χ2n) is 3.44. The van der Waals surface area contributed by atoms with Crippen LogP contribution < -0.4 is 10.1 Å². The number of halogens is 2. The molecular formula is C9H17Cl2N3O2. The van der Waals surface area contributed by atoms with Crippen molar-refractivity contribution in [2.24, 2.45) is 7.05 Å². The lowest BCUT2D eigenvalue weighted by atomic mass is 10.2. The number of hydrogen-bond acceptors (Lipinski definition) is 4. The summed E-state index contributed by atoms with van der Waals surface area (Å²) in [7, 11) is 3.78. The first-order valence-electron chi connectivity index (χ1n) is 4.70. The van der Waals surface area contributed by atoms with E-state index in [1.807, 2.05) is 20.3 Å². The molecule has 0 spiro atoms. The molecule has 0 amide bonds. The van der Waals surface area contributed by atoms with E-state index in [1.165, 1.54) is 0 Å². The second-order valence-corrected chi connectivity index (χ2v) is 3.44. The van der Waals surface area contributed by atoms with Crippen LogP contribution in [0.25, 0.3) is 0 Å². The highest BCUT2D eigenvalue weighted by Crippen LogP contribution is 2.15. The second kappa shape index (κ2) is 6.96. The monoisotopic (exact) mass is 269 g/mol. The van der Waals surface area contributed by atoms with Gasteiger partial charge >= 0.3 is 0 Å². The Bertz CT molecular complexity index is 309. The van der Waals surface area contributed by atoms with E-state index in [1.54, 1.807) is 10.9 Å². The molecule has 2 atom stereocenters. The van der Waals surface area contributed by atoms with Crippen LogP contribution in [0.4, 0.5) is 0 Å². The quantitative estimate of drug-likeness (QED) is 0.875. The first-order valence-corrected chi connectivity index (χ1v) is 4.70. The van der Waals surface area contributed by atoms with Crippen molar-refractivity contribution in [2.75, 3.05) is 20.3 Å². The van der Waals surface area contributed by atoms with E-state index in [0.29, 0.717) is 13.2 Å². The molecule has 1 aromatic rings. The molecule has 2 heterocycles. The first kappa shape index (κ1) is 15.5. The fraction of sp³-hybridized carbons (Fsp3) is 0.667. The van der Waals surface area contributed by atoms with Crippen molar-refractivity contribution in [1.29, 1.82) is 0 Å². The van der Waals surface area contributed by atoms with Crippen LogP contribution in [0.5, 0.6) is 5.75 Å². The highest BCUT2D eigenvalue weighted by Gasteiger charge is 2.28. The Hall–Kier alpha value is -0.490. The van der Waals surface area contributed by atoms with Crippen LogP contribution in [0.2, 0.25) is 0 Å². The number of rotatable bonds is 3. The molecule has 16 heavy (non-hydrogen) atoms. The van der Waals surface area contributed by atoms with E-state index >= 15 is 0 Å². The number of hydrogen-bond donors (Lipinski definition) is 1. The molecule has 0 saturated carbocycles. The summed E-state index contributed by atoms with van der Waals surface area (Å²) in [5, 5.41) is 7.20. The lowest BCUT2D eigenvalue weighted by Gasteiger charge is -2.17. The van der Waals surface area contributed by atoms with E-state index in [4.69, 9.17) is 9.47 Å². The molecule has 1 aromatic heterocycles. The summed E-state index contributed by atoms with van der Waals surface area (Å²) in [6.45, 7) is 1.35. The van der Waals surface area contributed by atoms with Gasteiger partial charge in [0.2, 0.25) is 0 Å². The lowest BCUT2D eigenvalue weighted by Crippen LogP contribution is -2.39. The van der Waals surface area contributed by atoms with Crippen LogP contribution in [-0.2, 0) is 11.8 Å². The van der Waals surface area contributed by atoms with Gasteiger partial charge in [-0.1, -0.05) is 0 Å². The highest BCUT2D eigenvalue weighted by atomic mass is 35.5. The summed E-state index contributed by atoms with van der Waals surface area (Å²) in [5.74, 6) is 0.795. The Kier molecular flexibility index (Phi) is 6.74. The smallest absolute Gasteiger partial charge is 0.157 e. The van der Waals surface area contributed by atoms with Crippen molar-refractivity contribution >= 4 is 24.8 Å². The predicted molar refractivity (Wildman–Crippen MR) is 65.8 cm³/mol. The molecule has 0 bridgehead atoms. The fourth-order valence-corrected chi connectivity index (χ4v) is 1.55. The van der Waals surface area contributed by atoms with Crippen molar-refractivity contribution < 1.29 is 9.47 Å². The molecule has 7 heteroatoms. The zero-order chi connectivity index (χ0) is 9.97. The molecule has 1 aliphatic heterocycles. The Labute approximate surface area is 107 Å². The van der Waals surface area contributed by atoms with E-state index in [9.17, 15) is 0 Å². The zero-order valence-corrected chi connectivity index (χ0v) is 10.9. The topological polar surface area (TPSA) is 48.3 Å². The van der Waals surface area contributed by atoms with Gasteiger partial charge in [-0.05, 0) is 7.05 Å². The maximum atomic E-state index is 5.73. The molecular weight excluding hydrogens is 253 g/mol. The Balaban J connectivity index is 0.00000112. The number of nitrogens with one attached hydrogen (secondary N) is 1. The molecule has 1 saturated heterocycles. The molecule has 2 unspecified atom stereocenters. The molecule has 1 N–H and O–H groups in total. The van der Waals surface area contributed by atoms with Crippen molar-refractivity contribution in [3.05, 3.63) is 12.4 Å². The van der Waals surface area contributed by atoms with Crippen molar-refractivity contribution in [3.8, 4) is 5.75 Å². The van der Waals surface area contributed by atoms with Crippen molar-refractivity contribution in [1.82, 2.24) is 15.1 Å². The Morgan fingerprint density at radius 1 is 1.50 bits per heavy atom. The van der Waals surface area contributed by atoms with E-state index in [0.717, 1.165) is 5.75 Å². The van der Waals surface area contributed by atoms with E-state index < -0.39 is 0 Å². The minimum absolute atomic E-state index is 0. The van der Waals surface area contributed by atoms with Gasteiger partial charge < -0.3 is 14.8 Å². The summed E-state index contributed by atoms with van der Waals surface area (Å²) in [6, 6.07) is 0.273. The third kappa shape index (κ3) is 3.52. The molecule has 1 aliphatic rings. The standard InChI is InChI=1S/C9H15N3O2.2ClH/c1-10-8-5-13-6-9(8)14-7-3-11-12(2)4-7;;/h3-4,8-10H,5-6H2,1-2H3;2*1H. The van der Waals surface area contributed by atoms with Gasteiger partial charge in [0.25, 0.3) is 0 Å². The van der Waals surface area contributed by atoms with Gasteiger partial charge in [0.05, 0.1) is 31.6 Å². The number of nitrogens with zero attached hydrogens (tertiary/aromatic N) is 2. The minimum Gasteiger partial charge on any atom is -0.483 e. The summed E-state index contributed by atoms with van der Waals surface area (Å²) in [4.78, 5) is 0. The van der Waals surface area contributed by atoms with Crippen LogP contribution in [0, 0.1) is 0 Å². The highest BCUT2D eigenvalue weighted by molar-refractivity contribution is 5.85. The third-order valence-corrected chi connectivity index (χ3v) is 2.37. The Morgan fingerprint density at radius 2 is 2.25 bits per heavy atom. The first-order chi connectivity index (χ1) is 6.79. The van der Waals surface area contributed by atoms with Gasteiger partial charge in [-0.15, -0.1) is 24.8 Å². The molecule has 0 radical (unpaired) electrons. The van der Waals surface area contributed by atoms with E-state index in [2.05, 4.69) is 10.4 Å². The molecule has 94 valence electrons. The number of aromatic nitrogens is 2. The van der Waals surface area contributed by atoms with Gasteiger partial charge in [0, 0.05) is 7.05 Å². The van der Waals surface area contributed by atoms with Gasteiger partial charge in [0.1, 0.15) is 6.10 Å².